The average molecular weight is 300 g/mol. The van der Waals surface area contributed by atoms with Crippen molar-refractivity contribution < 1.29 is 14.3 Å². The van der Waals surface area contributed by atoms with Crippen LogP contribution in [-0.2, 0) is 4.79 Å². The molecular formula is C17H20N2O3. The molecule has 5 nitrogen and oxygen atoms in total. The maximum absolute atomic E-state index is 12.2. The summed E-state index contributed by atoms with van der Waals surface area (Å²) >= 11 is 0. The molecule has 2 rings (SSSR count). The normalized spacial score (nSPS) is 11.6. The second-order valence-corrected chi connectivity index (χ2v) is 4.95. The van der Waals surface area contributed by atoms with E-state index in [0.29, 0.717) is 22.9 Å². The first kappa shape index (κ1) is 15.7. The number of amides is 1. The van der Waals surface area contributed by atoms with E-state index in [9.17, 15) is 4.79 Å². The van der Waals surface area contributed by atoms with Crippen LogP contribution in [0.1, 0.15) is 12.5 Å². The summed E-state index contributed by atoms with van der Waals surface area (Å²) in [6.45, 7) is 3.55. The van der Waals surface area contributed by atoms with E-state index in [4.69, 9.17) is 15.2 Å². The van der Waals surface area contributed by atoms with Crippen molar-refractivity contribution >= 4 is 17.3 Å². The van der Waals surface area contributed by atoms with Gasteiger partial charge in [0.1, 0.15) is 11.5 Å². The monoisotopic (exact) mass is 300 g/mol. The molecule has 116 valence electrons. The highest BCUT2D eigenvalue weighted by molar-refractivity contribution is 5.95. The fourth-order valence-electron chi connectivity index (χ4n) is 1.96. The minimum absolute atomic E-state index is 0.239. The van der Waals surface area contributed by atoms with E-state index < -0.39 is 6.10 Å². The highest BCUT2D eigenvalue weighted by atomic mass is 16.5. The summed E-state index contributed by atoms with van der Waals surface area (Å²) in [5.41, 5.74) is 7.99. The van der Waals surface area contributed by atoms with Gasteiger partial charge in [0.2, 0.25) is 0 Å². The quantitative estimate of drug-likeness (QED) is 0.833. The molecule has 1 unspecified atom stereocenters. The molecule has 0 aliphatic heterocycles. The van der Waals surface area contributed by atoms with Crippen LogP contribution in [0, 0.1) is 6.92 Å². The molecule has 0 aliphatic carbocycles. The van der Waals surface area contributed by atoms with Gasteiger partial charge in [0, 0.05) is 17.4 Å². The number of nitrogens with one attached hydrogen (secondary N) is 1. The molecule has 22 heavy (non-hydrogen) atoms. The average Bonchev–Trinajstić information content (AvgIpc) is 2.52. The molecule has 0 saturated heterocycles. The topological polar surface area (TPSA) is 73.6 Å². The maximum atomic E-state index is 12.2. The van der Waals surface area contributed by atoms with Crippen molar-refractivity contribution in [2.45, 2.75) is 20.0 Å². The second kappa shape index (κ2) is 6.85. The Labute approximate surface area is 130 Å². The first-order chi connectivity index (χ1) is 10.5. The molecule has 0 aromatic heterocycles. The van der Waals surface area contributed by atoms with Gasteiger partial charge in [-0.3, -0.25) is 4.79 Å². The second-order valence-electron chi connectivity index (χ2n) is 4.95. The number of anilines is 2. The number of methoxy groups -OCH3 is 1. The van der Waals surface area contributed by atoms with Gasteiger partial charge < -0.3 is 20.5 Å². The fourth-order valence-corrected chi connectivity index (χ4v) is 1.96. The van der Waals surface area contributed by atoms with Gasteiger partial charge in [-0.15, -0.1) is 0 Å². The van der Waals surface area contributed by atoms with E-state index >= 15 is 0 Å². The van der Waals surface area contributed by atoms with E-state index in [0.717, 1.165) is 5.56 Å². The number of benzene rings is 2. The Morgan fingerprint density at radius 3 is 2.59 bits per heavy atom. The van der Waals surface area contributed by atoms with E-state index in [1.165, 1.54) is 0 Å². The number of carbonyl (C=O) groups excluding carboxylic acids is 1. The molecule has 0 aliphatic rings. The van der Waals surface area contributed by atoms with Crippen LogP contribution in [-0.4, -0.2) is 19.1 Å². The minimum atomic E-state index is -0.645. The lowest BCUT2D eigenvalue weighted by Gasteiger charge is -2.16. The molecule has 3 N–H and O–H groups in total. The molecule has 0 fully saturated rings. The highest BCUT2D eigenvalue weighted by Gasteiger charge is 2.16. The summed E-state index contributed by atoms with van der Waals surface area (Å²) in [7, 11) is 1.58. The van der Waals surface area contributed by atoms with Crippen LogP contribution < -0.4 is 20.5 Å². The van der Waals surface area contributed by atoms with Crippen molar-refractivity contribution in [2.24, 2.45) is 0 Å². The molecule has 0 bridgehead atoms. The summed E-state index contributed by atoms with van der Waals surface area (Å²) in [5.74, 6) is 1.01. The lowest BCUT2D eigenvalue weighted by atomic mass is 10.1. The van der Waals surface area contributed by atoms with Gasteiger partial charge in [-0.25, -0.2) is 0 Å². The summed E-state index contributed by atoms with van der Waals surface area (Å²) in [4.78, 5) is 12.2. The first-order valence-electron chi connectivity index (χ1n) is 6.98. The maximum Gasteiger partial charge on any atom is 0.265 e. The highest BCUT2D eigenvalue weighted by Crippen LogP contribution is 2.22. The van der Waals surface area contributed by atoms with Gasteiger partial charge in [0.05, 0.1) is 7.11 Å². The molecule has 0 spiro atoms. The molecule has 0 saturated carbocycles. The van der Waals surface area contributed by atoms with E-state index in [2.05, 4.69) is 5.32 Å². The molecule has 2 aromatic carbocycles. The van der Waals surface area contributed by atoms with Crippen molar-refractivity contribution in [3.05, 3.63) is 48.0 Å². The lowest BCUT2D eigenvalue weighted by molar-refractivity contribution is -0.122. The number of nitrogen functional groups attached to an aromatic ring is 1. The Balaban J connectivity index is 2.04. The summed E-state index contributed by atoms with van der Waals surface area (Å²) in [5, 5.41) is 2.82. The van der Waals surface area contributed by atoms with E-state index in [1.54, 1.807) is 44.4 Å². The predicted molar refractivity (Wildman–Crippen MR) is 87.3 cm³/mol. The van der Waals surface area contributed by atoms with Crippen molar-refractivity contribution in [3.8, 4) is 11.5 Å². The van der Waals surface area contributed by atoms with Crippen LogP contribution in [0.5, 0.6) is 11.5 Å². The van der Waals surface area contributed by atoms with Crippen molar-refractivity contribution in [2.75, 3.05) is 18.2 Å². The summed E-state index contributed by atoms with van der Waals surface area (Å²) in [6, 6.07) is 12.5. The fraction of sp³-hybridized carbons (Fsp3) is 0.235. The zero-order valence-corrected chi connectivity index (χ0v) is 12.9. The molecule has 5 heteroatoms. The Hall–Kier alpha value is -2.69. The number of hydrogen-bond acceptors (Lipinski definition) is 4. The van der Waals surface area contributed by atoms with Crippen LogP contribution in [0.3, 0.4) is 0 Å². The molecular weight excluding hydrogens is 280 g/mol. The minimum Gasteiger partial charge on any atom is -0.497 e. The molecule has 0 heterocycles. The Bertz CT molecular complexity index is 671. The SMILES string of the molecule is COc1cccc(OC(C)C(=O)Nc2cccc(N)c2C)c1. The number of ether oxygens (including phenoxy) is 2. The third-order valence-corrected chi connectivity index (χ3v) is 3.36. The third kappa shape index (κ3) is 3.69. The van der Waals surface area contributed by atoms with Gasteiger partial charge in [-0.2, -0.15) is 0 Å². The van der Waals surface area contributed by atoms with Crippen LogP contribution in [0.2, 0.25) is 0 Å². The summed E-state index contributed by atoms with van der Waals surface area (Å²) < 4.78 is 10.8. The molecule has 2 aromatic rings. The smallest absolute Gasteiger partial charge is 0.265 e. The Morgan fingerprint density at radius 2 is 1.86 bits per heavy atom. The zero-order chi connectivity index (χ0) is 16.1. The molecule has 1 atom stereocenters. The zero-order valence-electron chi connectivity index (χ0n) is 12.9. The predicted octanol–water partition coefficient (Wildman–Crippen LogP) is 2.99. The van der Waals surface area contributed by atoms with Gasteiger partial charge in [0.25, 0.3) is 5.91 Å². The largest absolute Gasteiger partial charge is 0.497 e. The number of hydrogen-bond donors (Lipinski definition) is 2. The van der Waals surface area contributed by atoms with E-state index in [1.807, 2.05) is 19.1 Å². The van der Waals surface area contributed by atoms with Crippen molar-refractivity contribution in [1.82, 2.24) is 0 Å². The molecule has 1 amide bonds. The number of rotatable bonds is 5. The van der Waals surface area contributed by atoms with E-state index in [-0.39, 0.29) is 5.91 Å². The third-order valence-electron chi connectivity index (χ3n) is 3.36. The van der Waals surface area contributed by atoms with Crippen molar-refractivity contribution in [3.63, 3.8) is 0 Å². The number of nitrogens with two attached hydrogens (primary N) is 1. The lowest BCUT2D eigenvalue weighted by Crippen LogP contribution is -2.30. The van der Waals surface area contributed by atoms with Gasteiger partial charge in [-0.05, 0) is 43.7 Å². The van der Waals surface area contributed by atoms with Crippen LogP contribution in [0.4, 0.5) is 11.4 Å². The van der Waals surface area contributed by atoms with Gasteiger partial charge >= 0.3 is 0 Å². The van der Waals surface area contributed by atoms with Crippen LogP contribution >= 0.6 is 0 Å². The molecule has 0 radical (unpaired) electrons. The van der Waals surface area contributed by atoms with Crippen LogP contribution in [0.15, 0.2) is 42.5 Å². The standard InChI is InChI=1S/C17H20N2O3/c1-11-15(18)8-5-9-16(11)19-17(20)12(2)22-14-7-4-6-13(10-14)21-3/h4-10,12H,18H2,1-3H3,(H,19,20). The van der Waals surface area contributed by atoms with Crippen molar-refractivity contribution in [1.29, 1.82) is 0 Å². The first-order valence-corrected chi connectivity index (χ1v) is 6.98. The van der Waals surface area contributed by atoms with Crippen LogP contribution in [0.25, 0.3) is 0 Å². The van der Waals surface area contributed by atoms with Gasteiger partial charge in [-0.1, -0.05) is 12.1 Å². The summed E-state index contributed by atoms with van der Waals surface area (Å²) in [6.07, 6.45) is -0.645. The Morgan fingerprint density at radius 1 is 1.18 bits per heavy atom. The van der Waals surface area contributed by atoms with Gasteiger partial charge in [0.15, 0.2) is 6.10 Å². The number of carbonyl (C=O) groups is 1. The Kier molecular flexibility index (Phi) is 4.88.